The average molecular weight is 242 g/mol. The second-order valence-electron chi connectivity index (χ2n) is 3.68. The zero-order valence-corrected chi connectivity index (χ0v) is 9.77. The number of hydrogen-bond acceptors (Lipinski definition) is 4. The first-order valence-electron chi connectivity index (χ1n) is 5.17. The van der Waals surface area contributed by atoms with Crippen molar-refractivity contribution in [3.05, 3.63) is 39.7 Å². The van der Waals surface area contributed by atoms with Crippen LogP contribution in [0.2, 0.25) is 0 Å². The van der Waals surface area contributed by atoms with Crippen LogP contribution in [0, 0.1) is 15.9 Å². The molecule has 0 fully saturated rings. The van der Waals surface area contributed by atoms with Crippen LogP contribution in [0.25, 0.3) is 0 Å². The van der Waals surface area contributed by atoms with Crippen molar-refractivity contribution in [1.82, 2.24) is 5.32 Å². The molecule has 1 rings (SSSR count). The van der Waals surface area contributed by atoms with Gasteiger partial charge in [0.15, 0.2) is 0 Å². The molecule has 17 heavy (non-hydrogen) atoms. The molecule has 6 heteroatoms. The van der Waals surface area contributed by atoms with Gasteiger partial charge in [0.25, 0.3) is 5.69 Å². The minimum atomic E-state index is -0.614. The van der Waals surface area contributed by atoms with Gasteiger partial charge in [-0.2, -0.15) is 0 Å². The number of nitro groups is 1. The highest BCUT2D eigenvalue weighted by atomic mass is 19.1. The lowest BCUT2D eigenvalue weighted by Crippen LogP contribution is -2.32. The van der Waals surface area contributed by atoms with E-state index in [1.54, 1.807) is 14.2 Å². The normalized spacial score (nSPS) is 12.4. The summed E-state index contributed by atoms with van der Waals surface area (Å²) in [5.74, 6) is -0.560. The van der Waals surface area contributed by atoms with Gasteiger partial charge in [0.1, 0.15) is 5.82 Å². The van der Waals surface area contributed by atoms with E-state index in [2.05, 4.69) is 5.32 Å². The number of ether oxygens (including phenoxy) is 1. The van der Waals surface area contributed by atoms with Crippen molar-refractivity contribution in [1.29, 1.82) is 0 Å². The standard InChI is InChI=1S/C11H15FN2O3/c1-13-9(7-17-2)5-8-3-4-10(14(15)16)6-11(8)12/h3-4,6,9,13H,5,7H2,1-2H3. The van der Waals surface area contributed by atoms with E-state index < -0.39 is 10.7 Å². The zero-order valence-electron chi connectivity index (χ0n) is 9.77. The van der Waals surface area contributed by atoms with E-state index >= 15 is 0 Å². The van der Waals surface area contributed by atoms with Gasteiger partial charge in [-0.1, -0.05) is 0 Å². The minimum absolute atomic E-state index is 0.0176. The number of rotatable bonds is 6. The first-order chi connectivity index (χ1) is 8.08. The number of halogens is 1. The summed E-state index contributed by atoms with van der Waals surface area (Å²) in [5.41, 5.74) is 0.200. The van der Waals surface area contributed by atoms with E-state index in [1.807, 2.05) is 0 Å². The maximum Gasteiger partial charge on any atom is 0.272 e. The maximum atomic E-state index is 13.6. The Balaban J connectivity index is 2.81. The molecular weight excluding hydrogens is 227 g/mol. The Labute approximate surface area is 98.7 Å². The molecule has 94 valence electrons. The van der Waals surface area contributed by atoms with Crippen LogP contribution in [0.3, 0.4) is 0 Å². The fourth-order valence-electron chi connectivity index (χ4n) is 1.53. The fraction of sp³-hybridized carbons (Fsp3) is 0.455. The summed E-state index contributed by atoms with van der Waals surface area (Å²) >= 11 is 0. The first kappa shape index (κ1) is 13.5. The minimum Gasteiger partial charge on any atom is -0.383 e. The van der Waals surface area contributed by atoms with Crippen LogP contribution in [0.4, 0.5) is 10.1 Å². The molecule has 0 aliphatic carbocycles. The lowest BCUT2D eigenvalue weighted by atomic mass is 10.1. The SMILES string of the molecule is CNC(COC)Cc1ccc([N+](=O)[O-])cc1F. The molecule has 0 saturated heterocycles. The molecule has 0 aliphatic rings. The molecule has 0 amide bonds. The second kappa shape index (κ2) is 6.27. The summed E-state index contributed by atoms with van der Waals surface area (Å²) in [6.45, 7) is 0.451. The third-order valence-corrected chi connectivity index (χ3v) is 2.49. The molecule has 0 spiro atoms. The second-order valence-corrected chi connectivity index (χ2v) is 3.68. The number of benzene rings is 1. The van der Waals surface area contributed by atoms with Crippen LogP contribution in [-0.2, 0) is 11.2 Å². The van der Waals surface area contributed by atoms with Gasteiger partial charge in [-0.3, -0.25) is 10.1 Å². The Bertz CT molecular complexity index is 398. The number of methoxy groups -OCH3 is 1. The Kier molecular flexibility index (Phi) is 4.99. The molecule has 1 atom stereocenters. The molecule has 0 heterocycles. The van der Waals surface area contributed by atoms with Crippen molar-refractivity contribution in [2.75, 3.05) is 20.8 Å². The van der Waals surface area contributed by atoms with E-state index in [1.165, 1.54) is 12.1 Å². The molecule has 5 nitrogen and oxygen atoms in total. The number of hydrogen-bond donors (Lipinski definition) is 1. The number of nitrogens with zero attached hydrogens (tertiary/aromatic N) is 1. The lowest BCUT2D eigenvalue weighted by molar-refractivity contribution is -0.385. The molecule has 0 aromatic heterocycles. The third-order valence-electron chi connectivity index (χ3n) is 2.49. The molecule has 0 saturated carbocycles. The molecule has 1 aromatic carbocycles. The first-order valence-corrected chi connectivity index (χ1v) is 5.17. The van der Waals surface area contributed by atoms with Crippen LogP contribution in [-0.4, -0.2) is 31.7 Å². The van der Waals surface area contributed by atoms with E-state index in [0.29, 0.717) is 18.6 Å². The predicted molar refractivity (Wildman–Crippen MR) is 61.5 cm³/mol. The van der Waals surface area contributed by atoms with Gasteiger partial charge in [0, 0.05) is 19.2 Å². The topological polar surface area (TPSA) is 64.4 Å². The van der Waals surface area contributed by atoms with Gasteiger partial charge in [-0.15, -0.1) is 0 Å². The van der Waals surface area contributed by atoms with Gasteiger partial charge in [0.2, 0.25) is 0 Å². The summed E-state index contributed by atoms with van der Waals surface area (Å²) in [7, 11) is 3.32. The largest absolute Gasteiger partial charge is 0.383 e. The van der Waals surface area contributed by atoms with E-state index in [-0.39, 0.29) is 11.7 Å². The van der Waals surface area contributed by atoms with Crippen LogP contribution in [0.1, 0.15) is 5.56 Å². The van der Waals surface area contributed by atoms with Gasteiger partial charge in [-0.05, 0) is 25.1 Å². The van der Waals surface area contributed by atoms with Crippen molar-refractivity contribution < 1.29 is 14.1 Å². The Morgan fingerprint density at radius 1 is 1.59 bits per heavy atom. The van der Waals surface area contributed by atoms with Crippen molar-refractivity contribution in [3.63, 3.8) is 0 Å². The fourth-order valence-corrected chi connectivity index (χ4v) is 1.53. The van der Waals surface area contributed by atoms with Crippen molar-refractivity contribution in [2.24, 2.45) is 0 Å². The Morgan fingerprint density at radius 2 is 2.29 bits per heavy atom. The summed E-state index contributed by atoms with van der Waals surface area (Å²) in [6.07, 6.45) is 0.425. The van der Waals surface area contributed by atoms with Gasteiger partial charge in [0.05, 0.1) is 17.6 Å². The van der Waals surface area contributed by atoms with E-state index in [9.17, 15) is 14.5 Å². The van der Waals surface area contributed by atoms with Gasteiger partial charge in [-0.25, -0.2) is 4.39 Å². The molecule has 1 unspecified atom stereocenters. The van der Waals surface area contributed by atoms with Gasteiger partial charge >= 0.3 is 0 Å². The number of nitro benzene ring substituents is 1. The van der Waals surface area contributed by atoms with Crippen molar-refractivity contribution in [2.45, 2.75) is 12.5 Å². The van der Waals surface area contributed by atoms with Crippen molar-refractivity contribution in [3.8, 4) is 0 Å². The summed E-state index contributed by atoms with van der Waals surface area (Å²) in [5, 5.41) is 13.4. The number of non-ortho nitro benzene ring substituents is 1. The van der Waals surface area contributed by atoms with E-state index in [4.69, 9.17) is 4.74 Å². The molecular formula is C11H15FN2O3. The monoisotopic (exact) mass is 242 g/mol. The summed E-state index contributed by atoms with van der Waals surface area (Å²) in [6, 6.07) is 3.66. The molecule has 1 N–H and O–H groups in total. The smallest absolute Gasteiger partial charge is 0.272 e. The molecule has 0 bridgehead atoms. The number of likely N-dealkylation sites (N-methyl/N-ethyl adjacent to an activating group) is 1. The third kappa shape index (κ3) is 3.76. The molecule has 1 aromatic rings. The predicted octanol–water partition coefficient (Wildman–Crippen LogP) is 1.51. The summed E-state index contributed by atoms with van der Waals surface area (Å²) in [4.78, 5) is 9.84. The molecule has 0 aliphatic heterocycles. The Hall–Kier alpha value is -1.53. The molecule has 0 radical (unpaired) electrons. The van der Waals surface area contributed by atoms with Crippen LogP contribution < -0.4 is 5.32 Å². The number of nitrogens with one attached hydrogen (secondary N) is 1. The quantitative estimate of drug-likeness (QED) is 0.606. The highest BCUT2D eigenvalue weighted by molar-refractivity contribution is 5.34. The average Bonchev–Trinajstić information content (AvgIpc) is 2.30. The maximum absolute atomic E-state index is 13.6. The highest BCUT2D eigenvalue weighted by Gasteiger charge is 2.14. The van der Waals surface area contributed by atoms with Crippen LogP contribution >= 0.6 is 0 Å². The van der Waals surface area contributed by atoms with Crippen LogP contribution in [0.5, 0.6) is 0 Å². The Morgan fingerprint density at radius 3 is 2.76 bits per heavy atom. The lowest BCUT2D eigenvalue weighted by Gasteiger charge is -2.15. The summed E-state index contributed by atoms with van der Waals surface area (Å²) < 4.78 is 18.6. The van der Waals surface area contributed by atoms with Crippen molar-refractivity contribution >= 4 is 5.69 Å². The zero-order chi connectivity index (χ0) is 12.8. The van der Waals surface area contributed by atoms with Crippen LogP contribution in [0.15, 0.2) is 18.2 Å². The van der Waals surface area contributed by atoms with Gasteiger partial charge < -0.3 is 10.1 Å². The van der Waals surface area contributed by atoms with E-state index in [0.717, 1.165) is 6.07 Å². The highest BCUT2D eigenvalue weighted by Crippen LogP contribution is 2.17.